The summed E-state index contributed by atoms with van der Waals surface area (Å²) in [7, 11) is 3.97. The predicted molar refractivity (Wildman–Crippen MR) is 109 cm³/mol. The van der Waals surface area contributed by atoms with E-state index in [1.165, 1.54) is 32.5 Å². The van der Waals surface area contributed by atoms with E-state index in [-0.39, 0.29) is 0 Å². The van der Waals surface area contributed by atoms with Crippen LogP contribution in [0.4, 0.5) is 0 Å². The van der Waals surface area contributed by atoms with E-state index in [0.29, 0.717) is 0 Å². The van der Waals surface area contributed by atoms with Crippen molar-refractivity contribution in [3.05, 3.63) is 0 Å². The SMILES string of the molecule is CC.CC.CC.CCN1CCOCC1.COCC1CCCN(C)C1. The van der Waals surface area contributed by atoms with Crippen LogP contribution in [0.5, 0.6) is 0 Å². The van der Waals surface area contributed by atoms with Crippen LogP contribution >= 0.6 is 0 Å². The van der Waals surface area contributed by atoms with Crippen molar-refractivity contribution in [2.45, 2.75) is 61.3 Å². The molecule has 0 aromatic carbocycles. The first-order valence-corrected chi connectivity index (χ1v) is 10.2. The van der Waals surface area contributed by atoms with Crippen molar-refractivity contribution >= 4 is 0 Å². The van der Waals surface area contributed by atoms with Gasteiger partial charge in [0.1, 0.15) is 0 Å². The minimum atomic E-state index is 0.781. The monoisotopic (exact) mass is 348 g/mol. The lowest BCUT2D eigenvalue weighted by Gasteiger charge is -2.28. The Morgan fingerprint density at radius 3 is 1.88 bits per heavy atom. The van der Waals surface area contributed by atoms with Crippen molar-refractivity contribution in [3.8, 4) is 0 Å². The number of piperidine rings is 1. The second-order valence-corrected chi connectivity index (χ2v) is 5.27. The first kappa shape index (κ1) is 28.6. The maximum Gasteiger partial charge on any atom is 0.0594 e. The molecule has 0 amide bonds. The Hall–Kier alpha value is -0.160. The summed E-state index contributed by atoms with van der Waals surface area (Å²) in [6.07, 6.45) is 2.68. The smallest absolute Gasteiger partial charge is 0.0594 e. The Bertz CT molecular complexity index is 196. The molecule has 2 rings (SSSR count). The van der Waals surface area contributed by atoms with Crippen molar-refractivity contribution < 1.29 is 9.47 Å². The Labute approximate surface area is 153 Å². The molecule has 24 heavy (non-hydrogen) atoms. The second-order valence-electron chi connectivity index (χ2n) is 5.27. The summed E-state index contributed by atoms with van der Waals surface area (Å²) < 4.78 is 10.3. The highest BCUT2D eigenvalue weighted by molar-refractivity contribution is 4.69. The van der Waals surface area contributed by atoms with Gasteiger partial charge in [-0.1, -0.05) is 48.5 Å². The zero-order valence-electron chi connectivity index (χ0n) is 18.4. The van der Waals surface area contributed by atoms with Crippen LogP contribution in [0, 0.1) is 5.92 Å². The molecule has 0 bridgehead atoms. The van der Waals surface area contributed by atoms with E-state index in [9.17, 15) is 0 Å². The number of likely N-dealkylation sites (tertiary alicyclic amines) is 1. The molecule has 0 aromatic rings. The lowest BCUT2D eigenvalue weighted by Crippen LogP contribution is -2.35. The van der Waals surface area contributed by atoms with E-state index in [1.807, 2.05) is 41.5 Å². The molecule has 1 unspecified atom stereocenters. The molecule has 4 heteroatoms. The fourth-order valence-corrected chi connectivity index (χ4v) is 2.56. The Kier molecular flexibility index (Phi) is 29.9. The number of ether oxygens (including phenoxy) is 2. The molecule has 0 aromatic heterocycles. The molecular weight excluding hydrogens is 300 g/mol. The zero-order chi connectivity index (χ0) is 19.2. The minimum Gasteiger partial charge on any atom is -0.384 e. The topological polar surface area (TPSA) is 24.9 Å². The largest absolute Gasteiger partial charge is 0.384 e. The fourth-order valence-electron chi connectivity index (χ4n) is 2.56. The van der Waals surface area contributed by atoms with Crippen LogP contribution in [0.25, 0.3) is 0 Å². The van der Waals surface area contributed by atoms with E-state index in [4.69, 9.17) is 9.47 Å². The molecule has 1 atom stereocenters. The van der Waals surface area contributed by atoms with Crippen molar-refractivity contribution in [1.29, 1.82) is 0 Å². The number of hydrogen-bond acceptors (Lipinski definition) is 4. The first-order valence-electron chi connectivity index (χ1n) is 10.2. The number of nitrogens with zero attached hydrogens (tertiary/aromatic N) is 2. The fraction of sp³-hybridized carbons (Fsp3) is 1.00. The summed E-state index contributed by atoms with van der Waals surface area (Å²) in [6, 6.07) is 0. The van der Waals surface area contributed by atoms with E-state index in [1.54, 1.807) is 7.11 Å². The van der Waals surface area contributed by atoms with Gasteiger partial charge >= 0.3 is 0 Å². The zero-order valence-corrected chi connectivity index (χ0v) is 18.4. The van der Waals surface area contributed by atoms with E-state index in [2.05, 4.69) is 23.8 Å². The molecule has 0 radical (unpaired) electrons. The van der Waals surface area contributed by atoms with E-state index >= 15 is 0 Å². The summed E-state index contributed by atoms with van der Waals surface area (Å²) in [4.78, 5) is 4.77. The molecular formula is C20H48N2O2. The molecule has 2 fully saturated rings. The van der Waals surface area contributed by atoms with Gasteiger partial charge in [-0.15, -0.1) is 0 Å². The second kappa shape index (κ2) is 25.1. The lowest BCUT2D eigenvalue weighted by molar-refractivity contribution is 0.0405. The summed E-state index contributed by atoms with van der Waals surface area (Å²) in [5.74, 6) is 0.781. The molecule has 2 heterocycles. The maximum atomic E-state index is 5.16. The van der Waals surface area contributed by atoms with Crippen molar-refractivity contribution in [2.75, 3.05) is 66.7 Å². The Morgan fingerprint density at radius 1 is 0.958 bits per heavy atom. The summed E-state index contributed by atoms with van der Waals surface area (Å²) in [5, 5.41) is 0. The summed E-state index contributed by atoms with van der Waals surface area (Å²) in [6.45, 7) is 22.9. The van der Waals surface area contributed by atoms with Crippen LogP contribution in [-0.2, 0) is 9.47 Å². The van der Waals surface area contributed by atoms with Gasteiger partial charge in [-0.05, 0) is 38.9 Å². The van der Waals surface area contributed by atoms with Crippen LogP contribution in [0.1, 0.15) is 61.3 Å². The third-order valence-electron chi connectivity index (χ3n) is 3.68. The van der Waals surface area contributed by atoms with Crippen LogP contribution in [0.15, 0.2) is 0 Å². The average Bonchev–Trinajstić information content (AvgIpc) is 2.68. The number of likely N-dealkylation sites (N-methyl/N-ethyl adjacent to an activating group) is 1. The predicted octanol–water partition coefficient (Wildman–Crippen LogP) is 4.39. The standard InChI is InChI=1S/C8H17NO.C6H13NO.3C2H6/c1-9-5-3-4-8(6-9)7-10-2;1-2-7-3-5-8-6-4-7;3*1-2/h8H,3-7H2,1-2H3;2-6H2,1H3;3*1-2H3. The molecule has 0 aliphatic carbocycles. The van der Waals surface area contributed by atoms with Crippen LogP contribution in [0.2, 0.25) is 0 Å². The minimum absolute atomic E-state index is 0.781. The van der Waals surface area contributed by atoms with Gasteiger partial charge in [-0.25, -0.2) is 0 Å². The third-order valence-corrected chi connectivity index (χ3v) is 3.68. The molecule has 0 saturated carbocycles. The summed E-state index contributed by atoms with van der Waals surface area (Å²) in [5.41, 5.74) is 0. The molecule has 2 saturated heterocycles. The van der Waals surface area contributed by atoms with E-state index < -0.39 is 0 Å². The van der Waals surface area contributed by atoms with Crippen LogP contribution < -0.4 is 0 Å². The Balaban J connectivity index is -0.000000284. The summed E-state index contributed by atoms with van der Waals surface area (Å²) >= 11 is 0. The molecule has 0 spiro atoms. The van der Waals surface area contributed by atoms with Gasteiger partial charge in [-0.3, -0.25) is 4.90 Å². The number of rotatable bonds is 3. The van der Waals surface area contributed by atoms with Crippen molar-refractivity contribution in [1.82, 2.24) is 9.80 Å². The molecule has 150 valence electrons. The quantitative estimate of drug-likeness (QED) is 0.755. The highest BCUT2D eigenvalue weighted by Gasteiger charge is 2.16. The third kappa shape index (κ3) is 18.2. The number of methoxy groups -OCH3 is 1. The Morgan fingerprint density at radius 2 is 1.50 bits per heavy atom. The number of morpholine rings is 1. The maximum absolute atomic E-state index is 5.16. The van der Waals surface area contributed by atoms with Crippen molar-refractivity contribution in [2.24, 2.45) is 5.92 Å². The molecule has 4 nitrogen and oxygen atoms in total. The van der Waals surface area contributed by atoms with Gasteiger partial charge in [0.25, 0.3) is 0 Å². The number of hydrogen-bond donors (Lipinski definition) is 0. The molecule has 2 aliphatic rings. The van der Waals surface area contributed by atoms with Gasteiger partial charge in [0.05, 0.1) is 19.8 Å². The molecule has 2 aliphatic heterocycles. The van der Waals surface area contributed by atoms with Gasteiger partial charge in [-0.2, -0.15) is 0 Å². The average molecular weight is 349 g/mol. The van der Waals surface area contributed by atoms with Gasteiger partial charge in [0, 0.05) is 26.7 Å². The lowest BCUT2D eigenvalue weighted by atomic mass is 10.00. The highest BCUT2D eigenvalue weighted by Crippen LogP contribution is 2.14. The van der Waals surface area contributed by atoms with Gasteiger partial charge in [0.2, 0.25) is 0 Å². The van der Waals surface area contributed by atoms with Crippen molar-refractivity contribution in [3.63, 3.8) is 0 Å². The van der Waals surface area contributed by atoms with Gasteiger partial charge in [0.15, 0.2) is 0 Å². The van der Waals surface area contributed by atoms with Crippen LogP contribution in [0.3, 0.4) is 0 Å². The molecule has 0 N–H and O–H groups in total. The normalized spacial score (nSPS) is 20.6. The van der Waals surface area contributed by atoms with Crippen LogP contribution in [-0.4, -0.2) is 76.5 Å². The first-order chi connectivity index (χ1) is 11.8. The highest BCUT2D eigenvalue weighted by atomic mass is 16.5. The van der Waals surface area contributed by atoms with E-state index in [0.717, 1.165) is 38.8 Å². The van der Waals surface area contributed by atoms with Gasteiger partial charge < -0.3 is 14.4 Å².